The van der Waals surface area contributed by atoms with E-state index in [0.717, 1.165) is 11.3 Å². The van der Waals surface area contributed by atoms with E-state index in [-0.39, 0.29) is 17.3 Å². The Labute approximate surface area is 150 Å². The van der Waals surface area contributed by atoms with E-state index in [0.29, 0.717) is 17.8 Å². The Bertz CT molecular complexity index is 946. The van der Waals surface area contributed by atoms with E-state index in [9.17, 15) is 14.9 Å². The summed E-state index contributed by atoms with van der Waals surface area (Å²) in [6.45, 7) is 5.80. The predicted octanol–water partition coefficient (Wildman–Crippen LogP) is 3.34. The molecule has 1 aliphatic heterocycles. The number of nitro benzene ring substituents is 1. The van der Waals surface area contributed by atoms with Crippen LogP contribution in [0.4, 0.5) is 11.4 Å². The highest BCUT2D eigenvalue weighted by molar-refractivity contribution is 6.54. The van der Waals surface area contributed by atoms with Crippen molar-refractivity contribution >= 4 is 28.7 Å². The van der Waals surface area contributed by atoms with Crippen LogP contribution >= 0.6 is 0 Å². The van der Waals surface area contributed by atoms with Crippen LogP contribution < -0.4 is 4.90 Å². The minimum absolute atomic E-state index is 0.00725. The lowest BCUT2D eigenvalue weighted by atomic mass is 10.1. The second kappa shape index (κ2) is 7.10. The average Bonchev–Trinajstić information content (AvgIpc) is 2.92. The molecule has 2 aromatic carbocycles. The molecule has 0 N–H and O–H groups in total. The molecule has 1 amide bonds. The standard InChI is InChI=1S/C19H16N4O3/c1-3-12-22-17-7-5-4-6-16(17)18(19(22)24)21-20-13(2)14-8-10-15(11-9-14)23(25)26/h3-11H,1,12H2,2H3/b20-13-,21-18-. The fourth-order valence-electron chi connectivity index (χ4n) is 2.68. The second-order valence-electron chi connectivity index (χ2n) is 5.66. The molecule has 0 spiro atoms. The zero-order valence-corrected chi connectivity index (χ0v) is 14.1. The average molecular weight is 348 g/mol. The topological polar surface area (TPSA) is 88.2 Å². The van der Waals surface area contributed by atoms with Crippen molar-refractivity contribution in [2.24, 2.45) is 10.2 Å². The first-order valence-electron chi connectivity index (χ1n) is 7.92. The minimum Gasteiger partial charge on any atom is -0.302 e. The molecular weight excluding hydrogens is 332 g/mol. The molecule has 0 unspecified atom stereocenters. The van der Waals surface area contributed by atoms with Crippen LogP contribution in [-0.2, 0) is 4.79 Å². The monoisotopic (exact) mass is 348 g/mol. The zero-order valence-electron chi connectivity index (χ0n) is 14.1. The number of nitro groups is 1. The number of fused-ring (bicyclic) bond motifs is 1. The van der Waals surface area contributed by atoms with Gasteiger partial charge in [0, 0.05) is 24.2 Å². The van der Waals surface area contributed by atoms with Crippen LogP contribution in [0.5, 0.6) is 0 Å². The van der Waals surface area contributed by atoms with E-state index in [2.05, 4.69) is 16.8 Å². The van der Waals surface area contributed by atoms with Crippen molar-refractivity contribution in [2.75, 3.05) is 11.4 Å². The SMILES string of the molecule is C=CCN1C(=O)/C(=N\N=C(\C)c2ccc([N+](=O)[O-])cc2)c2ccccc21. The Hall–Kier alpha value is -3.61. The van der Waals surface area contributed by atoms with Crippen LogP contribution in [0.2, 0.25) is 0 Å². The molecule has 2 aromatic rings. The van der Waals surface area contributed by atoms with Crippen molar-refractivity contribution in [3.05, 3.63) is 82.4 Å². The fraction of sp³-hybridized carbons (Fsp3) is 0.105. The van der Waals surface area contributed by atoms with Crippen molar-refractivity contribution in [1.29, 1.82) is 0 Å². The molecule has 0 bridgehead atoms. The summed E-state index contributed by atoms with van der Waals surface area (Å²) < 4.78 is 0. The van der Waals surface area contributed by atoms with E-state index >= 15 is 0 Å². The van der Waals surface area contributed by atoms with E-state index in [1.54, 1.807) is 30.0 Å². The van der Waals surface area contributed by atoms with Gasteiger partial charge in [0.25, 0.3) is 11.6 Å². The van der Waals surface area contributed by atoms with E-state index < -0.39 is 4.92 Å². The number of benzene rings is 2. The van der Waals surface area contributed by atoms with Gasteiger partial charge in [-0.05, 0) is 30.7 Å². The third-order valence-corrected chi connectivity index (χ3v) is 4.01. The van der Waals surface area contributed by atoms with E-state index in [1.807, 2.05) is 24.3 Å². The lowest BCUT2D eigenvalue weighted by Crippen LogP contribution is -2.30. The molecular formula is C19H16N4O3. The molecule has 0 atom stereocenters. The van der Waals surface area contributed by atoms with Gasteiger partial charge in [-0.15, -0.1) is 11.7 Å². The van der Waals surface area contributed by atoms with Crippen LogP contribution in [0.3, 0.4) is 0 Å². The van der Waals surface area contributed by atoms with Gasteiger partial charge in [-0.1, -0.05) is 24.3 Å². The Balaban J connectivity index is 1.94. The molecule has 3 rings (SSSR count). The second-order valence-corrected chi connectivity index (χ2v) is 5.66. The molecule has 0 saturated carbocycles. The first-order chi connectivity index (χ1) is 12.5. The summed E-state index contributed by atoms with van der Waals surface area (Å²) in [6.07, 6.45) is 1.66. The molecule has 130 valence electrons. The molecule has 0 aromatic heterocycles. The third kappa shape index (κ3) is 3.14. The summed E-state index contributed by atoms with van der Waals surface area (Å²) in [4.78, 5) is 24.5. The number of para-hydroxylation sites is 1. The van der Waals surface area contributed by atoms with Gasteiger partial charge >= 0.3 is 0 Å². The van der Waals surface area contributed by atoms with Gasteiger partial charge in [-0.3, -0.25) is 14.9 Å². The van der Waals surface area contributed by atoms with Crippen molar-refractivity contribution in [2.45, 2.75) is 6.92 Å². The molecule has 7 nitrogen and oxygen atoms in total. The number of non-ortho nitro benzene ring substituents is 1. The zero-order chi connectivity index (χ0) is 18.7. The maximum absolute atomic E-state index is 12.6. The highest BCUT2D eigenvalue weighted by Gasteiger charge is 2.33. The third-order valence-electron chi connectivity index (χ3n) is 4.01. The summed E-state index contributed by atoms with van der Waals surface area (Å²) >= 11 is 0. The van der Waals surface area contributed by atoms with Crippen LogP contribution in [0.1, 0.15) is 18.1 Å². The first kappa shape index (κ1) is 17.2. The maximum Gasteiger partial charge on any atom is 0.279 e. The van der Waals surface area contributed by atoms with Gasteiger partial charge in [0.2, 0.25) is 0 Å². The number of rotatable bonds is 5. The summed E-state index contributed by atoms with van der Waals surface area (Å²) in [6, 6.07) is 13.4. The van der Waals surface area contributed by atoms with Crippen molar-refractivity contribution in [1.82, 2.24) is 0 Å². The number of nitrogens with zero attached hydrogens (tertiary/aromatic N) is 4. The van der Waals surface area contributed by atoms with Gasteiger partial charge in [0.15, 0.2) is 5.71 Å². The van der Waals surface area contributed by atoms with Crippen molar-refractivity contribution in [3.63, 3.8) is 0 Å². The molecule has 1 aliphatic rings. The Morgan fingerprint density at radius 3 is 2.58 bits per heavy atom. The largest absolute Gasteiger partial charge is 0.302 e. The van der Waals surface area contributed by atoms with Crippen molar-refractivity contribution < 1.29 is 9.72 Å². The van der Waals surface area contributed by atoms with Crippen molar-refractivity contribution in [3.8, 4) is 0 Å². The van der Waals surface area contributed by atoms with Gasteiger partial charge < -0.3 is 4.90 Å². The van der Waals surface area contributed by atoms with Gasteiger partial charge in [0.05, 0.1) is 16.3 Å². The molecule has 1 heterocycles. The number of carbonyl (C=O) groups is 1. The lowest BCUT2D eigenvalue weighted by molar-refractivity contribution is -0.384. The quantitative estimate of drug-likeness (QED) is 0.359. The Morgan fingerprint density at radius 2 is 1.92 bits per heavy atom. The minimum atomic E-state index is -0.460. The highest BCUT2D eigenvalue weighted by Crippen LogP contribution is 2.29. The summed E-state index contributed by atoms with van der Waals surface area (Å²) in [7, 11) is 0. The van der Waals surface area contributed by atoms with Gasteiger partial charge in [-0.25, -0.2) is 0 Å². The molecule has 0 saturated heterocycles. The van der Waals surface area contributed by atoms with Crippen LogP contribution in [0.15, 0.2) is 71.4 Å². The van der Waals surface area contributed by atoms with Crippen LogP contribution in [0.25, 0.3) is 0 Å². The van der Waals surface area contributed by atoms with Crippen LogP contribution in [0, 0.1) is 10.1 Å². The van der Waals surface area contributed by atoms with E-state index in [4.69, 9.17) is 0 Å². The molecule has 7 heteroatoms. The molecule has 26 heavy (non-hydrogen) atoms. The van der Waals surface area contributed by atoms with E-state index in [1.165, 1.54) is 12.1 Å². The summed E-state index contributed by atoms with van der Waals surface area (Å²) in [5.74, 6) is -0.230. The smallest absolute Gasteiger partial charge is 0.279 e. The van der Waals surface area contributed by atoms with Crippen LogP contribution in [-0.4, -0.2) is 28.8 Å². The van der Waals surface area contributed by atoms with Gasteiger partial charge in [0.1, 0.15) is 0 Å². The predicted molar refractivity (Wildman–Crippen MR) is 101 cm³/mol. The fourth-order valence-corrected chi connectivity index (χ4v) is 2.68. The number of hydrogen-bond donors (Lipinski definition) is 0. The Morgan fingerprint density at radius 1 is 1.23 bits per heavy atom. The lowest BCUT2D eigenvalue weighted by Gasteiger charge is -2.13. The number of anilines is 1. The molecule has 0 aliphatic carbocycles. The molecule has 0 radical (unpaired) electrons. The molecule has 0 fully saturated rings. The Kier molecular flexibility index (Phi) is 4.70. The van der Waals surface area contributed by atoms with Gasteiger partial charge in [-0.2, -0.15) is 5.10 Å². The number of hydrogen-bond acceptors (Lipinski definition) is 5. The highest BCUT2D eigenvalue weighted by atomic mass is 16.6. The number of carbonyl (C=O) groups excluding carboxylic acids is 1. The first-order valence-corrected chi connectivity index (χ1v) is 7.92. The number of amides is 1. The summed E-state index contributed by atoms with van der Waals surface area (Å²) in [5.41, 5.74) is 3.02. The maximum atomic E-state index is 12.6. The summed E-state index contributed by atoms with van der Waals surface area (Å²) in [5, 5.41) is 19.0. The normalized spacial score (nSPS) is 15.3.